The number of benzene rings is 1. The number of aromatic nitrogens is 3. The molecule has 3 heterocycles. The van der Waals surface area contributed by atoms with Crippen molar-refractivity contribution in [3.8, 4) is 11.3 Å². The van der Waals surface area contributed by atoms with Gasteiger partial charge in [0.1, 0.15) is 5.52 Å². The van der Waals surface area contributed by atoms with Crippen molar-refractivity contribution in [1.29, 1.82) is 0 Å². The molecule has 30 heavy (non-hydrogen) atoms. The van der Waals surface area contributed by atoms with E-state index in [0.717, 1.165) is 48.5 Å². The fraction of sp³-hybridized carbons (Fsp3) is 0.458. The van der Waals surface area contributed by atoms with Crippen LogP contribution in [-0.4, -0.2) is 40.1 Å². The zero-order valence-electron chi connectivity index (χ0n) is 17.8. The second kappa shape index (κ2) is 7.74. The Morgan fingerprint density at radius 2 is 2.07 bits per heavy atom. The molecule has 1 aliphatic carbocycles. The van der Waals surface area contributed by atoms with Gasteiger partial charge in [-0.25, -0.2) is 9.50 Å². The van der Waals surface area contributed by atoms with Gasteiger partial charge >= 0.3 is 0 Å². The van der Waals surface area contributed by atoms with Crippen LogP contribution in [-0.2, 0) is 4.79 Å². The van der Waals surface area contributed by atoms with Crippen molar-refractivity contribution in [1.82, 2.24) is 19.9 Å². The van der Waals surface area contributed by atoms with Crippen molar-refractivity contribution in [2.45, 2.75) is 39.5 Å². The summed E-state index contributed by atoms with van der Waals surface area (Å²) in [5, 5.41) is 7.97. The monoisotopic (exact) mass is 403 g/mol. The number of hydrogen-bond donors (Lipinski definition) is 1. The highest BCUT2D eigenvalue weighted by atomic mass is 16.1. The summed E-state index contributed by atoms with van der Waals surface area (Å²) in [5.74, 6) is 1.85. The van der Waals surface area contributed by atoms with Gasteiger partial charge in [-0.05, 0) is 57.1 Å². The molecule has 6 heteroatoms. The van der Waals surface area contributed by atoms with E-state index in [2.05, 4.69) is 53.3 Å². The van der Waals surface area contributed by atoms with Gasteiger partial charge in [0, 0.05) is 37.6 Å². The summed E-state index contributed by atoms with van der Waals surface area (Å²) in [6.45, 7) is 6.71. The summed E-state index contributed by atoms with van der Waals surface area (Å²) in [6, 6.07) is 8.58. The molecule has 6 nitrogen and oxygen atoms in total. The van der Waals surface area contributed by atoms with Crippen molar-refractivity contribution in [3.05, 3.63) is 47.8 Å². The third kappa shape index (κ3) is 3.78. The Hall–Kier alpha value is -2.89. The first-order valence-electron chi connectivity index (χ1n) is 11.0. The molecule has 0 bridgehead atoms. The Labute approximate surface area is 177 Å². The van der Waals surface area contributed by atoms with Gasteiger partial charge in [-0.2, -0.15) is 5.10 Å². The lowest BCUT2D eigenvalue weighted by Crippen LogP contribution is -2.44. The Bertz CT molecular complexity index is 1080. The third-order valence-corrected chi connectivity index (χ3v) is 6.38. The van der Waals surface area contributed by atoms with Gasteiger partial charge in [-0.1, -0.05) is 23.8 Å². The van der Waals surface area contributed by atoms with Crippen LogP contribution in [0.3, 0.4) is 0 Å². The molecule has 1 saturated heterocycles. The van der Waals surface area contributed by atoms with Crippen LogP contribution in [0.4, 0.5) is 5.82 Å². The maximum absolute atomic E-state index is 12.6. The normalized spacial score (nSPS) is 19.3. The number of carbonyl (C=O) groups is 1. The number of nitrogens with zero attached hydrogens (tertiary/aromatic N) is 4. The topological polar surface area (TPSA) is 62.5 Å². The van der Waals surface area contributed by atoms with E-state index in [1.165, 1.54) is 24.0 Å². The zero-order valence-corrected chi connectivity index (χ0v) is 17.8. The highest BCUT2D eigenvalue weighted by molar-refractivity contribution is 5.81. The summed E-state index contributed by atoms with van der Waals surface area (Å²) in [5.41, 5.74) is 5.57. The average molecular weight is 404 g/mol. The largest absolute Gasteiger partial charge is 0.356 e. The first-order chi connectivity index (χ1) is 14.6. The molecule has 3 aromatic rings. The van der Waals surface area contributed by atoms with Crippen LogP contribution in [0.25, 0.3) is 16.8 Å². The molecule has 1 amide bonds. The number of fused-ring (bicyclic) bond motifs is 1. The molecule has 156 valence electrons. The Morgan fingerprint density at radius 1 is 1.20 bits per heavy atom. The van der Waals surface area contributed by atoms with Crippen LogP contribution < -0.4 is 10.2 Å². The third-order valence-electron chi connectivity index (χ3n) is 6.38. The molecule has 1 unspecified atom stereocenters. The van der Waals surface area contributed by atoms with E-state index in [1.54, 1.807) is 6.20 Å². The van der Waals surface area contributed by atoms with E-state index >= 15 is 0 Å². The van der Waals surface area contributed by atoms with E-state index in [9.17, 15) is 4.79 Å². The fourth-order valence-electron chi connectivity index (χ4n) is 4.48. The molecule has 1 aromatic carbocycles. The van der Waals surface area contributed by atoms with Crippen LogP contribution >= 0.6 is 0 Å². The minimum atomic E-state index is 0.0290. The number of carbonyl (C=O) groups excluding carboxylic acids is 1. The second-order valence-electron chi connectivity index (χ2n) is 8.90. The van der Waals surface area contributed by atoms with Gasteiger partial charge in [0.2, 0.25) is 5.91 Å². The van der Waals surface area contributed by atoms with E-state index in [1.807, 2.05) is 10.7 Å². The molecule has 1 atom stereocenters. The second-order valence-corrected chi connectivity index (χ2v) is 8.90. The lowest BCUT2D eigenvalue weighted by Gasteiger charge is -2.33. The van der Waals surface area contributed by atoms with Gasteiger partial charge < -0.3 is 10.2 Å². The Kier molecular flexibility index (Phi) is 4.93. The maximum atomic E-state index is 12.6. The lowest BCUT2D eigenvalue weighted by molar-refractivity contribution is -0.125. The van der Waals surface area contributed by atoms with Gasteiger partial charge in [0.05, 0.1) is 11.6 Å². The standard InChI is InChI=1S/C24H29N5O/c1-16-5-8-20(17(2)12-16)21-13-22-23(25-9-11-29(22)27-21)28-10-3-4-19(15-28)24(30)26-14-18-6-7-18/h5,8-9,11-13,18-19H,3-4,6-7,10,14-15H2,1-2H3,(H,26,30). The molecular formula is C24H29N5O. The molecule has 1 aliphatic heterocycles. The molecule has 5 rings (SSSR count). The highest BCUT2D eigenvalue weighted by Crippen LogP contribution is 2.30. The van der Waals surface area contributed by atoms with E-state index in [0.29, 0.717) is 12.5 Å². The summed E-state index contributed by atoms with van der Waals surface area (Å²) in [7, 11) is 0. The number of aryl methyl sites for hydroxylation is 2. The van der Waals surface area contributed by atoms with Crippen molar-refractivity contribution in [2.75, 3.05) is 24.5 Å². The number of rotatable bonds is 5. The van der Waals surface area contributed by atoms with Gasteiger partial charge in [0.15, 0.2) is 5.82 Å². The van der Waals surface area contributed by atoms with Gasteiger partial charge in [-0.3, -0.25) is 4.79 Å². The van der Waals surface area contributed by atoms with E-state index in [-0.39, 0.29) is 11.8 Å². The minimum absolute atomic E-state index is 0.0290. The number of hydrogen-bond acceptors (Lipinski definition) is 4. The van der Waals surface area contributed by atoms with Gasteiger partial charge in [-0.15, -0.1) is 0 Å². The van der Waals surface area contributed by atoms with Crippen LogP contribution in [0.5, 0.6) is 0 Å². The molecule has 0 spiro atoms. The number of anilines is 1. The molecule has 2 aliphatic rings. The molecule has 2 fully saturated rings. The summed E-state index contributed by atoms with van der Waals surface area (Å²) in [6.07, 6.45) is 8.17. The molecule has 0 radical (unpaired) electrons. The predicted octanol–water partition coefficient (Wildman–Crippen LogP) is 3.76. The van der Waals surface area contributed by atoms with Crippen molar-refractivity contribution in [3.63, 3.8) is 0 Å². The van der Waals surface area contributed by atoms with Crippen LogP contribution in [0.1, 0.15) is 36.8 Å². The number of nitrogens with one attached hydrogen (secondary N) is 1. The summed E-state index contributed by atoms with van der Waals surface area (Å²) >= 11 is 0. The molecule has 1 saturated carbocycles. The van der Waals surface area contributed by atoms with Gasteiger partial charge in [0.25, 0.3) is 0 Å². The highest BCUT2D eigenvalue weighted by Gasteiger charge is 2.29. The number of piperidine rings is 1. The summed E-state index contributed by atoms with van der Waals surface area (Å²) < 4.78 is 1.91. The average Bonchev–Trinajstić information content (AvgIpc) is 3.48. The van der Waals surface area contributed by atoms with Crippen molar-refractivity contribution in [2.24, 2.45) is 11.8 Å². The Morgan fingerprint density at radius 3 is 2.87 bits per heavy atom. The van der Waals surface area contributed by atoms with Crippen molar-refractivity contribution < 1.29 is 4.79 Å². The predicted molar refractivity (Wildman–Crippen MR) is 119 cm³/mol. The summed E-state index contributed by atoms with van der Waals surface area (Å²) in [4.78, 5) is 19.6. The minimum Gasteiger partial charge on any atom is -0.356 e. The smallest absolute Gasteiger partial charge is 0.224 e. The van der Waals surface area contributed by atoms with Crippen LogP contribution in [0.15, 0.2) is 36.7 Å². The number of amides is 1. The van der Waals surface area contributed by atoms with Crippen LogP contribution in [0.2, 0.25) is 0 Å². The first kappa shape index (κ1) is 19.1. The van der Waals surface area contributed by atoms with E-state index < -0.39 is 0 Å². The Balaban J connectivity index is 1.41. The fourth-order valence-corrected chi connectivity index (χ4v) is 4.48. The van der Waals surface area contributed by atoms with E-state index in [4.69, 9.17) is 5.10 Å². The SMILES string of the molecule is Cc1ccc(-c2cc3c(N4CCCC(C(=O)NCC5CC5)C4)nccn3n2)c(C)c1. The first-order valence-corrected chi connectivity index (χ1v) is 11.0. The maximum Gasteiger partial charge on any atom is 0.224 e. The van der Waals surface area contributed by atoms with Crippen molar-refractivity contribution >= 4 is 17.2 Å². The molecule has 1 N–H and O–H groups in total. The molecular weight excluding hydrogens is 374 g/mol. The van der Waals surface area contributed by atoms with Crippen LogP contribution in [0, 0.1) is 25.7 Å². The quantitative estimate of drug-likeness (QED) is 0.705. The lowest BCUT2D eigenvalue weighted by atomic mass is 9.97. The zero-order chi connectivity index (χ0) is 20.7. The molecule has 2 aromatic heterocycles.